The van der Waals surface area contributed by atoms with Crippen LogP contribution in [0.25, 0.3) is 0 Å². The maximum Gasteiger partial charge on any atom is 0.0533 e. The zero-order valence-electron chi connectivity index (χ0n) is 4.72. The standard InChI is InChI=1S/C8H4S/c1-2-7-5-3-4-6-8(7)9/h3-6H. The summed E-state index contributed by atoms with van der Waals surface area (Å²) in [5, 5.41) is 0. The molecule has 1 heteroatoms. The van der Waals surface area contributed by atoms with E-state index < -0.39 is 0 Å². The molecule has 9 heavy (non-hydrogen) atoms. The van der Waals surface area contributed by atoms with Crippen molar-refractivity contribution in [1.29, 1.82) is 0 Å². The zero-order valence-corrected chi connectivity index (χ0v) is 5.53. The van der Waals surface area contributed by atoms with Crippen LogP contribution in [0.1, 0.15) is 5.56 Å². The van der Waals surface area contributed by atoms with Gasteiger partial charge in [-0.25, -0.2) is 0 Å². The second kappa shape index (κ2) is 2.52. The molecule has 1 aromatic rings. The van der Waals surface area contributed by atoms with Gasteiger partial charge >= 0.3 is 0 Å². The lowest BCUT2D eigenvalue weighted by atomic mass is 10.2. The van der Waals surface area contributed by atoms with E-state index in [1.807, 2.05) is 12.1 Å². The highest BCUT2D eigenvalue weighted by Gasteiger charge is 1.90. The number of hydrogen-bond donors (Lipinski definition) is 0. The molecule has 0 aliphatic rings. The van der Waals surface area contributed by atoms with Crippen molar-refractivity contribution in [3.8, 4) is 5.92 Å². The lowest BCUT2D eigenvalue weighted by molar-refractivity contribution is 1.43. The topological polar surface area (TPSA) is 0 Å². The molecular formula is C8H4S. The molecule has 1 rings (SSSR count). The zero-order chi connectivity index (χ0) is 6.69. The number of benzene rings is 1. The minimum Gasteiger partial charge on any atom is -0.0787 e. The Morgan fingerprint density at radius 1 is 1.33 bits per heavy atom. The fourth-order valence-corrected chi connectivity index (χ4v) is 0.768. The maximum atomic E-state index is 6.77. The minimum absolute atomic E-state index is 0.688. The Kier molecular flexibility index (Phi) is 1.72. The Labute approximate surface area is 60.3 Å². The van der Waals surface area contributed by atoms with Crippen LogP contribution in [0.2, 0.25) is 0 Å². The van der Waals surface area contributed by atoms with Crippen molar-refractivity contribution in [3.63, 3.8) is 0 Å². The highest BCUT2D eigenvalue weighted by molar-refractivity contribution is 7.80. The van der Waals surface area contributed by atoms with Gasteiger partial charge in [0.05, 0.1) is 4.90 Å². The van der Waals surface area contributed by atoms with Crippen molar-refractivity contribution in [1.82, 2.24) is 0 Å². The van der Waals surface area contributed by atoms with Crippen LogP contribution in [-0.2, 0) is 0 Å². The highest BCUT2D eigenvalue weighted by atomic mass is 32.1. The molecule has 0 atom stereocenters. The second-order valence-corrected chi connectivity index (χ2v) is 2.06. The molecule has 0 N–H and O–H groups in total. The van der Waals surface area contributed by atoms with Gasteiger partial charge in [0.15, 0.2) is 0 Å². The maximum absolute atomic E-state index is 6.77. The van der Waals surface area contributed by atoms with E-state index in [4.69, 9.17) is 19.1 Å². The van der Waals surface area contributed by atoms with E-state index in [1.165, 1.54) is 0 Å². The van der Waals surface area contributed by atoms with Crippen molar-refractivity contribution in [2.45, 2.75) is 4.90 Å². The third-order valence-electron chi connectivity index (χ3n) is 1.02. The van der Waals surface area contributed by atoms with Crippen molar-refractivity contribution in [2.24, 2.45) is 0 Å². The van der Waals surface area contributed by atoms with Crippen LogP contribution in [0, 0.1) is 12.3 Å². The molecular weight excluding hydrogens is 128 g/mol. The molecule has 0 heterocycles. The van der Waals surface area contributed by atoms with E-state index in [1.54, 1.807) is 12.1 Å². The van der Waals surface area contributed by atoms with E-state index in [9.17, 15) is 0 Å². The van der Waals surface area contributed by atoms with Gasteiger partial charge in [-0.2, -0.15) is 0 Å². The summed E-state index contributed by atoms with van der Waals surface area (Å²) in [6, 6.07) is 7.25. The lowest BCUT2D eigenvalue weighted by Crippen LogP contribution is -1.73. The van der Waals surface area contributed by atoms with Gasteiger partial charge in [-0.05, 0) is 18.6 Å². The summed E-state index contributed by atoms with van der Waals surface area (Å²) >= 11 is 4.87. The fraction of sp³-hybridized carbons (Fsp3) is 0. The summed E-state index contributed by atoms with van der Waals surface area (Å²) in [6.07, 6.45) is 6.77. The lowest BCUT2D eigenvalue weighted by Gasteiger charge is -1.90. The van der Waals surface area contributed by atoms with Crippen LogP contribution in [0.5, 0.6) is 0 Å². The molecule has 0 amide bonds. The monoisotopic (exact) mass is 132 g/mol. The molecule has 1 aromatic carbocycles. The van der Waals surface area contributed by atoms with Crippen molar-refractivity contribution < 1.29 is 0 Å². The van der Waals surface area contributed by atoms with E-state index in [-0.39, 0.29) is 0 Å². The predicted octanol–water partition coefficient (Wildman–Crippen LogP) is 2.18. The Morgan fingerprint density at radius 2 is 2.00 bits per heavy atom. The third kappa shape index (κ3) is 1.22. The summed E-state index contributed by atoms with van der Waals surface area (Å²) in [5.41, 5.74) is 0.688. The van der Waals surface area contributed by atoms with E-state index in [0.717, 1.165) is 0 Å². The van der Waals surface area contributed by atoms with Crippen LogP contribution < -0.4 is 0 Å². The molecule has 0 unspecified atom stereocenters. The third-order valence-corrected chi connectivity index (χ3v) is 1.38. The normalized spacial score (nSPS) is 8.33. The first-order chi connectivity index (χ1) is 4.34. The van der Waals surface area contributed by atoms with E-state index in [2.05, 4.69) is 5.92 Å². The minimum atomic E-state index is 0.688. The molecule has 0 fully saturated rings. The number of hydrogen-bond acceptors (Lipinski definition) is 0. The van der Waals surface area contributed by atoms with E-state index >= 15 is 0 Å². The average molecular weight is 132 g/mol. The van der Waals surface area contributed by atoms with Crippen LogP contribution in [0.15, 0.2) is 29.2 Å². The van der Waals surface area contributed by atoms with Gasteiger partial charge in [0, 0.05) is 5.56 Å². The second-order valence-electron chi connectivity index (χ2n) is 1.62. The van der Waals surface area contributed by atoms with Crippen LogP contribution in [-0.4, -0.2) is 0 Å². The largest absolute Gasteiger partial charge is 0.0787 e. The Hall–Kier alpha value is -1.00. The van der Waals surface area contributed by atoms with Gasteiger partial charge in [0.25, 0.3) is 0 Å². The average Bonchev–Trinajstić information content (AvgIpc) is 1.89. The van der Waals surface area contributed by atoms with Gasteiger partial charge in [-0.1, -0.05) is 30.7 Å². The van der Waals surface area contributed by atoms with Crippen LogP contribution in [0.3, 0.4) is 0 Å². The number of rotatable bonds is 0. The summed E-state index contributed by atoms with van der Waals surface area (Å²) in [4.78, 5) is 0.688. The molecule has 0 bridgehead atoms. The molecule has 0 aliphatic carbocycles. The van der Waals surface area contributed by atoms with Crippen LogP contribution >= 0.6 is 12.6 Å². The molecule has 0 aromatic heterocycles. The first-order valence-electron chi connectivity index (χ1n) is 2.53. The highest BCUT2D eigenvalue weighted by Crippen LogP contribution is 2.10. The van der Waals surface area contributed by atoms with Gasteiger partial charge in [0.1, 0.15) is 0 Å². The molecule has 0 spiro atoms. The van der Waals surface area contributed by atoms with Crippen molar-refractivity contribution >= 4 is 12.6 Å². The first kappa shape index (κ1) is 6.12. The van der Waals surface area contributed by atoms with Crippen molar-refractivity contribution in [2.75, 3.05) is 0 Å². The molecule has 0 saturated heterocycles. The quantitative estimate of drug-likeness (QED) is 0.475. The summed E-state index contributed by atoms with van der Waals surface area (Å²) in [5.74, 6) is 2.24. The summed E-state index contributed by atoms with van der Waals surface area (Å²) < 4.78 is 0. The Morgan fingerprint density at radius 3 is 2.44 bits per heavy atom. The van der Waals surface area contributed by atoms with Gasteiger partial charge in [-0.3, -0.25) is 0 Å². The molecule has 0 aliphatic heterocycles. The Balaban J connectivity index is 3.20. The summed E-state index contributed by atoms with van der Waals surface area (Å²) in [6.45, 7) is 0. The van der Waals surface area contributed by atoms with Gasteiger partial charge in [0.2, 0.25) is 0 Å². The Bertz CT molecular complexity index is 245. The van der Waals surface area contributed by atoms with Gasteiger partial charge < -0.3 is 0 Å². The smallest absolute Gasteiger partial charge is 0.0533 e. The molecule has 42 valence electrons. The summed E-state index contributed by atoms with van der Waals surface area (Å²) in [7, 11) is 0. The SMILES string of the molecule is [C]#Cc1ccccc1[S]. The molecule has 0 nitrogen and oxygen atoms in total. The van der Waals surface area contributed by atoms with Crippen molar-refractivity contribution in [3.05, 3.63) is 36.3 Å². The van der Waals surface area contributed by atoms with Gasteiger partial charge in [-0.15, -0.1) is 0 Å². The first-order valence-corrected chi connectivity index (χ1v) is 2.94. The van der Waals surface area contributed by atoms with Crippen LogP contribution in [0.4, 0.5) is 0 Å². The molecule has 2 radical (unpaired) electrons. The molecule has 0 saturated carbocycles. The predicted molar refractivity (Wildman–Crippen MR) is 38.5 cm³/mol. The van der Waals surface area contributed by atoms with E-state index in [0.29, 0.717) is 10.5 Å². The fourth-order valence-electron chi connectivity index (χ4n) is 0.570.